The van der Waals surface area contributed by atoms with Gasteiger partial charge in [-0.2, -0.15) is 0 Å². The molecule has 0 fully saturated rings. The average Bonchev–Trinajstić information content (AvgIpc) is 2.95. The molecule has 0 radical (unpaired) electrons. The van der Waals surface area contributed by atoms with E-state index >= 15 is 0 Å². The minimum Gasteiger partial charge on any atom is -0.465 e. The van der Waals surface area contributed by atoms with Crippen LogP contribution in [0.3, 0.4) is 0 Å². The number of carbonyl (C=O) groups excluding carboxylic acids is 2. The van der Waals surface area contributed by atoms with Crippen molar-refractivity contribution in [1.29, 1.82) is 0 Å². The van der Waals surface area contributed by atoms with Crippen molar-refractivity contribution in [3.05, 3.63) is 53.1 Å². The molecule has 136 valence electrons. The summed E-state index contributed by atoms with van der Waals surface area (Å²) in [7, 11) is -3.23. The Morgan fingerprint density at radius 3 is 2.62 bits per heavy atom. The Bertz CT molecular complexity index is 1040. The van der Waals surface area contributed by atoms with Crippen molar-refractivity contribution in [3.63, 3.8) is 0 Å². The number of halogens is 2. The second-order valence-corrected chi connectivity index (χ2v) is 7.14. The molecule has 1 heterocycles. The first-order valence-corrected chi connectivity index (χ1v) is 8.72. The maximum Gasteiger partial charge on any atom is 0.340 e. The highest BCUT2D eigenvalue weighted by atomic mass is 32.2. The molecule has 0 aliphatic carbocycles. The third-order valence-electron chi connectivity index (χ3n) is 3.72. The summed E-state index contributed by atoms with van der Waals surface area (Å²) in [5, 5.41) is 2.56. The number of rotatable bonds is 4. The summed E-state index contributed by atoms with van der Waals surface area (Å²) < 4.78 is 58.9. The molecule has 0 bridgehead atoms. The normalized spacial score (nSPS) is 13.1. The van der Waals surface area contributed by atoms with Gasteiger partial charge in [-0.25, -0.2) is 22.0 Å². The lowest BCUT2D eigenvalue weighted by molar-refractivity contribution is -0.115. The predicted octanol–water partition coefficient (Wildman–Crippen LogP) is 2.05. The number of benzene rings is 2. The zero-order valence-corrected chi connectivity index (χ0v) is 14.1. The minimum atomic E-state index is -4.24. The number of hydrogen-bond acceptors (Lipinski definition) is 5. The number of fused-ring (bicyclic) bond motifs is 1. The van der Waals surface area contributed by atoms with Crippen LogP contribution in [0.1, 0.15) is 15.9 Å². The van der Waals surface area contributed by atoms with Crippen LogP contribution in [0.4, 0.5) is 20.2 Å². The molecule has 26 heavy (non-hydrogen) atoms. The third-order valence-corrected chi connectivity index (χ3v) is 5.08. The topological polar surface area (TPSA) is 102 Å². The highest BCUT2D eigenvalue weighted by Gasteiger charge is 2.24. The van der Waals surface area contributed by atoms with Crippen molar-refractivity contribution < 1.29 is 31.5 Å². The zero-order chi connectivity index (χ0) is 19.1. The van der Waals surface area contributed by atoms with Crippen molar-refractivity contribution in [1.82, 2.24) is 0 Å². The number of carbonyl (C=O) groups is 2. The fourth-order valence-corrected chi connectivity index (χ4v) is 3.58. The molecular formula is C16H12F2N2O5S. The zero-order valence-electron chi connectivity index (χ0n) is 13.3. The van der Waals surface area contributed by atoms with Crippen molar-refractivity contribution in [2.24, 2.45) is 0 Å². The molecule has 2 N–H and O–H groups in total. The van der Waals surface area contributed by atoms with E-state index in [4.69, 9.17) is 0 Å². The van der Waals surface area contributed by atoms with E-state index in [1.165, 1.54) is 18.2 Å². The van der Waals surface area contributed by atoms with E-state index in [-0.39, 0.29) is 17.2 Å². The Kier molecular flexibility index (Phi) is 4.36. The first kappa shape index (κ1) is 17.8. The van der Waals surface area contributed by atoms with Crippen molar-refractivity contribution in [2.75, 3.05) is 17.1 Å². The Labute approximate surface area is 147 Å². The number of sulfonamides is 1. The van der Waals surface area contributed by atoms with Gasteiger partial charge >= 0.3 is 5.97 Å². The number of anilines is 2. The number of ether oxygens (including phenoxy) is 1. The lowest BCUT2D eigenvalue weighted by Gasteiger charge is -2.11. The molecule has 0 atom stereocenters. The first-order chi connectivity index (χ1) is 12.2. The number of esters is 1. The van der Waals surface area contributed by atoms with Gasteiger partial charge in [-0.15, -0.1) is 0 Å². The van der Waals surface area contributed by atoms with E-state index in [0.29, 0.717) is 23.4 Å². The Balaban J connectivity index is 1.97. The van der Waals surface area contributed by atoms with Crippen LogP contribution < -0.4 is 10.0 Å². The molecule has 1 aliphatic heterocycles. The predicted molar refractivity (Wildman–Crippen MR) is 87.3 cm³/mol. The lowest BCUT2D eigenvalue weighted by atomic mass is 10.2. The van der Waals surface area contributed by atoms with E-state index in [2.05, 4.69) is 10.1 Å². The van der Waals surface area contributed by atoms with Crippen LogP contribution in [0.2, 0.25) is 0 Å². The highest BCUT2D eigenvalue weighted by Crippen LogP contribution is 2.28. The Hall–Kier alpha value is -3.01. The summed E-state index contributed by atoms with van der Waals surface area (Å²) in [5.41, 5.74) is -0.251. The summed E-state index contributed by atoms with van der Waals surface area (Å²) in [6.07, 6.45) is 0.0239. The van der Waals surface area contributed by atoms with Crippen molar-refractivity contribution >= 4 is 33.3 Å². The molecule has 0 saturated carbocycles. The first-order valence-electron chi connectivity index (χ1n) is 7.24. The van der Waals surface area contributed by atoms with Gasteiger partial charge in [0, 0.05) is 11.8 Å². The quantitative estimate of drug-likeness (QED) is 0.788. The Morgan fingerprint density at radius 2 is 1.92 bits per heavy atom. The standard InChI is InChI=1S/C16H12F2N2O5S/c1-25-16(22)10-6-14(12(18)7-11(10)17)20-26(23,24)9-2-3-13-8(4-9)5-15(21)19-13/h2-4,6-7,20H,5H2,1H3,(H,19,21). The highest BCUT2D eigenvalue weighted by molar-refractivity contribution is 7.92. The third kappa shape index (κ3) is 3.23. The molecule has 10 heteroatoms. The number of amides is 1. The van der Waals surface area contributed by atoms with E-state index in [0.717, 1.165) is 7.11 Å². The SMILES string of the molecule is COC(=O)c1cc(NS(=O)(=O)c2ccc3c(c2)CC(=O)N3)c(F)cc1F. The second kappa shape index (κ2) is 6.37. The molecule has 0 aromatic heterocycles. The molecule has 2 aromatic rings. The largest absolute Gasteiger partial charge is 0.465 e. The molecule has 0 unspecified atom stereocenters. The molecule has 1 aliphatic rings. The van der Waals surface area contributed by atoms with Gasteiger partial charge in [0.15, 0.2) is 0 Å². The summed E-state index contributed by atoms with van der Waals surface area (Å²) in [5.74, 6) is -3.73. The van der Waals surface area contributed by atoms with Gasteiger partial charge in [0.25, 0.3) is 10.0 Å². The van der Waals surface area contributed by atoms with Gasteiger partial charge in [0.05, 0.1) is 29.7 Å². The van der Waals surface area contributed by atoms with Gasteiger partial charge in [-0.3, -0.25) is 9.52 Å². The van der Waals surface area contributed by atoms with E-state index in [1.54, 1.807) is 0 Å². The molecule has 0 spiro atoms. The second-order valence-electron chi connectivity index (χ2n) is 5.45. The molecule has 7 nitrogen and oxygen atoms in total. The lowest BCUT2D eigenvalue weighted by Crippen LogP contribution is -2.15. The number of hydrogen-bond donors (Lipinski definition) is 2. The monoisotopic (exact) mass is 382 g/mol. The molecule has 3 rings (SSSR count). The van der Waals surface area contributed by atoms with Crippen LogP contribution in [0.5, 0.6) is 0 Å². The number of nitrogens with one attached hydrogen (secondary N) is 2. The Morgan fingerprint density at radius 1 is 1.19 bits per heavy atom. The van der Waals surface area contributed by atoms with Crippen LogP contribution in [0.15, 0.2) is 35.2 Å². The summed E-state index contributed by atoms with van der Waals surface area (Å²) in [6, 6.07) is 5.02. The van der Waals surface area contributed by atoms with Crippen molar-refractivity contribution in [3.8, 4) is 0 Å². The average molecular weight is 382 g/mol. The van der Waals surface area contributed by atoms with Crippen LogP contribution >= 0.6 is 0 Å². The van der Waals surface area contributed by atoms with Crippen molar-refractivity contribution in [2.45, 2.75) is 11.3 Å². The van der Waals surface area contributed by atoms with Crippen LogP contribution in [-0.2, 0) is 26.0 Å². The van der Waals surface area contributed by atoms with Gasteiger partial charge in [0.1, 0.15) is 11.6 Å². The fraction of sp³-hybridized carbons (Fsp3) is 0.125. The summed E-state index contributed by atoms with van der Waals surface area (Å²) in [6.45, 7) is 0. The van der Waals surface area contributed by atoms with E-state index in [9.17, 15) is 26.8 Å². The minimum absolute atomic E-state index is 0.0239. The van der Waals surface area contributed by atoms with Crippen LogP contribution in [0.25, 0.3) is 0 Å². The molecular weight excluding hydrogens is 370 g/mol. The summed E-state index contributed by atoms with van der Waals surface area (Å²) >= 11 is 0. The maximum atomic E-state index is 13.9. The number of methoxy groups -OCH3 is 1. The fourth-order valence-electron chi connectivity index (χ4n) is 2.47. The van der Waals surface area contributed by atoms with Gasteiger partial charge in [-0.1, -0.05) is 0 Å². The maximum absolute atomic E-state index is 13.9. The van der Waals surface area contributed by atoms with E-state index < -0.39 is 38.9 Å². The molecule has 1 amide bonds. The van der Waals surface area contributed by atoms with Crippen LogP contribution in [-0.4, -0.2) is 27.4 Å². The molecule has 0 saturated heterocycles. The molecule has 2 aromatic carbocycles. The summed E-state index contributed by atoms with van der Waals surface area (Å²) in [4.78, 5) is 22.6. The smallest absolute Gasteiger partial charge is 0.340 e. The van der Waals surface area contributed by atoms with Crippen LogP contribution in [0, 0.1) is 11.6 Å². The van der Waals surface area contributed by atoms with E-state index in [1.807, 2.05) is 4.72 Å². The van der Waals surface area contributed by atoms with Gasteiger partial charge < -0.3 is 10.1 Å². The van der Waals surface area contributed by atoms with Gasteiger partial charge in [-0.05, 0) is 29.8 Å². The van der Waals surface area contributed by atoms with Gasteiger partial charge in [0.2, 0.25) is 5.91 Å².